The van der Waals surface area contributed by atoms with Crippen molar-refractivity contribution < 1.29 is 32.5 Å². The summed E-state index contributed by atoms with van der Waals surface area (Å²) in [5.74, 6) is 3.37. The van der Waals surface area contributed by atoms with Crippen molar-refractivity contribution in [2.24, 2.45) is 51.2 Å². The molecule has 0 aromatic rings. The first kappa shape index (κ1) is 43.0. The number of fused-ring (bicyclic) bond motifs is 7. The van der Waals surface area contributed by atoms with E-state index in [4.69, 9.17) is 18.9 Å². The number of hydrogen-bond acceptors (Lipinski definition) is 9. The van der Waals surface area contributed by atoms with Gasteiger partial charge in [-0.3, -0.25) is 4.90 Å². The predicted octanol–water partition coefficient (Wildman–Crippen LogP) is 6.53. The Morgan fingerprint density at radius 1 is 0.833 bits per heavy atom. The normalized spacial score (nSPS) is 42.6. The van der Waals surface area contributed by atoms with Gasteiger partial charge in [0, 0.05) is 38.3 Å². The zero-order valence-electron chi connectivity index (χ0n) is 35.4. The van der Waals surface area contributed by atoms with Gasteiger partial charge in [0.25, 0.3) is 0 Å². The second-order valence-electron chi connectivity index (χ2n) is 20.1. The Labute approximate surface area is 329 Å². The summed E-state index contributed by atoms with van der Waals surface area (Å²) in [6, 6.07) is 0.0681. The Bertz CT molecular complexity index is 1390. The van der Waals surface area contributed by atoms with Gasteiger partial charge in [-0.1, -0.05) is 46.8 Å². The van der Waals surface area contributed by atoms with E-state index in [0.29, 0.717) is 82.3 Å². The van der Waals surface area contributed by atoms with E-state index in [-0.39, 0.29) is 57.0 Å². The summed E-state index contributed by atoms with van der Waals surface area (Å²) in [7, 11) is -1.33. The molecule has 0 aromatic carbocycles. The van der Waals surface area contributed by atoms with Gasteiger partial charge in [-0.15, -0.1) is 0 Å². The van der Waals surface area contributed by atoms with E-state index in [2.05, 4.69) is 65.3 Å². The number of hydrogen-bond donors (Lipinski definition) is 2. The maximum atomic E-state index is 12.5. The highest BCUT2D eigenvalue weighted by molar-refractivity contribution is 7.91. The minimum Gasteiger partial charge on any atom is -0.393 e. The Morgan fingerprint density at radius 3 is 2.17 bits per heavy atom. The first-order valence-corrected chi connectivity index (χ1v) is 23.6. The number of nitrogens with zero attached hydrogens (tertiary/aromatic N) is 1. The highest BCUT2D eigenvalue weighted by Gasteiger charge is 2.70. The smallest absolute Gasteiger partial charge is 0.152 e. The van der Waals surface area contributed by atoms with Crippen LogP contribution >= 0.6 is 0 Å². The molecule has 6 aliphatic rings. The number of nitrogens with one attached hydrogen (secondary N) is 1. The van der Waals surface area contributed by atoms with Crippen molar-refractivity contribution in [1.29, 1.82) is 0 Å². The molecule has 6 fully saturated rings. The standard InChI is InChI=1S/C44H78N2O7S/c1-31(2)33-12-17-44(45-30-35(46-20-28-54(48,49)29-21-46)32(3)53-27-26-52-25-24-51-23-22-50-9)19-18-42(7)34(39(33)44)10-11-37-41(6)15-14-38(47)40(4,5)36(41)13-16-43(37,42)8/h32-39,45,47H,1,10-30H2,2-9H3/t32-,33+,34-,35-,36+,37-,38+,39-,41+,42-,43-,44+/m1/s1. The molecule has 0 radical (unpaired) electrons. The molecule has 1 aliphatic heterocycles. The molecule has 0 bridgehead atoms. The largest absolute Gasteiger partial charge is 0.393 e. The minimum atomic E-state index is -3.00. The third-order valence-electron chi connectivity index (χ3n) is 17.5. The van der Waals surface area contributed by atoms with E-state index >= 15 is 0 Å². The van der Waals surface area contributed by atoms with Crippen LogP contribution in [0.5, 0.6) is 0 Å². The van der Waals surface area contributed by atoms with Crippen LogP contribution in [0.3, 0.4) is 0 Å². The molecule has 5 saturated carbocycles. The molecule has 12 atom stereocenters. The van der Waals surface area contributed by atoms with Crippen LogP contribution in [0.1, 0.15) is 113 Å². The Morgan fingerprint density at radius 2 is 1.50 bits per heavy atom. The minimum absolute atomic E-state index is 0.0315. The lowest BCUT2D eigenvalue weighted by atomic mass is 9.32. The molecule has 312 valence electrons. The lowest BCUT2D eigenvalue weighted by Gasteiger charge is -2.73. The van der Waals surface area contributed by atoms with Gasteiger partial charge in [-0.25, -0.2) is 8.42 Å². The molecule has 0 spiro atoms. The second kappa shape index (κ2) is 16.6. The van der Waals surface area contributed by atoms with Gasteiger partial charge in [0.1, 0.15) is 0 Å². The zero-order chi connectivity index (χ0) is 39.2. The van der Waals surface area contributed by atoms with Crippen LogP contribution in [0, 0.1) is 51.2 Å². The fourth-order valence-corrected chi connectivity index (χ4v) is 15.5. The van der Waals surface area contributed by atoms with Crippen LogP contribution in [0.2, 0.25) is 0 Å². The van der Waals surface area contributed by atoms with Crippen molar-refractivity contribution in [2.45, 2.75) is 136 Å². The predicted molar refractivity (Wildman–Crippen MR) is 216 cm³/mol. The molecule has 0 aromatic heterocycles. The number of sulfone groups is 1. The number of ether oxygens (including phenoxy) is 4. The quantitative estimate of drug-likeness (QED) is 0.134. The van der Waals surface area contributed by atoms with E-state index < -0.39 is 9.84 Å². The molecule has 0 unspecified atom stereocenters. The monoisotopic (exact) mass is 779 g/mol. The van der Waals surface area contributed by atoms with Crippen LogP contribution in [0.4, 0.5) is 0 Å². The molecular formula is C44H78N2O7S. The first-order chi connectivity index (χ1) is 25.5. The lowest BCUT2D eigenvalue weighted by molar-refractivity contribution is -0.243. The van der Waals surface area contributed by atoms with E-state index in [1.165, 1.54) is 56.9 Å². The Hall–Kier alpha value is -0.590. The molecule has 10 heteroatoms. The van der Waals surface area contributed by atoms with Crippen LogP contribution in [0.15, 0.2) is 12.2 Å². The highest BCUT2D eigenvalue weighted by Crippen LogP contribution is 2.76. The van der Waals surface area contributed by atoms with E-state index in [0.717, 1.165) is 19.4 Å². The summed E-state index contributed by atoms with van der Waals surface area (Å²) in [6.45, 7) is 26.9. The zero-order valence-corrected chi connectivity index (χ0v) is 36.2. The van der Waals surface area contributed by atoms with Gasteiger partial charge in [0.05, 0.1) is 63.4 Å². The summed E-state index contributed by atoms with van der Waals surface area (Å²) >= 11 is 0. The third-order valence-corrected chi connectivity index (χ3v) is 19.1. The van der Waals surface area contributed by atoms with E-state index in [1.807, 2.05) is 0 Å². The molecule has 2 N–H and O–H groups in total. The molecule has 1 saturated heterocycles. The number of rotatable bonds is 16. The highest BCUT2D eigenvalue weighted by atomic mass is 32.2. The van der Waals surface area contributed by atoms with E-state index in [1.54, 1.807) is 7.11 Å². The lowest BCUT2D eigenvalue weighted by Crippen LogP contribution is -2.69. The average Bonchev–Trinajstić information content (AvgIpc) is 3.50. The molecule has 9 nitrogen and oxygen atoms in total. The first-order valence-electron chi connectivity index (χ1n) is 21.7. The Kier molecular flexibility index (Phi) is 13.2. The van der Waals surface area contributed by atoms with Crippen LogP contribution < -0.4 is 5.32 Å². The van der Waals surface area contributed by atoms with Crippen LogP contribution in [-0.4, -0.2) is 120 Å². The van der Waals surface area contributed by atoms with Gasteiger partial charge in [0.2, 0.25) is 0 Å². The second-order valence-corrected chi connectivity index (χ2v) is 22.5. The SMILES string of the molecule is C=C(C)[C@@H]1CC[C@]2(NC[C@H]([C@@H](C)OCCOCCOCCOC)N3CCS(=O)(=O)CC3)CC[C@]3(C)[C@H](CC[C@@H]4[C@@]5(C)CC[C@H](O)C(C)(C)[C@@H]5CC[C@]43C)[C@@H]12. The summed E-state index contributed by atoms with van der Waals surface area (Å²) in [5, 5.41) is 15.5. The number of aliphatic hydroxyl groups excluding tert-OH is 1. The average molecular weight is 779 g/mol. The molecule has 0 amide bonds. The topological polar surface area (TPSA) is 107 Å². The number of allylic oxidation sites excluding steroid dienone is 1. The van der Waals surface area contributed by atoms with Crippen molar-refractivity contribution in [1.82, 2.24) is 10.2 Å². The van der Waals surface area contributed by atoms with Gasteiger partial charge in [-0.05, 0) is 129 Å². The van der Waals surface area contributed by atoms with Gasteiger partial charge >= 0.3 is 0 Å². The van der Waals surface area contributed by atoms with Gasteiger partial charge < -0.3 is 29.4 Å². The van der Waals surface area contributed by atoms with Crippen molar-refractivity contribution >= 4 is 9.84 Å². The maximum absolute atomic E-state index is 12.5. The van der Waals surface area contributed by atoms with Gasteiger partial charge in [0.15, 0.2) is 9.84 Å². The molecule has 54 heavy (non-hydrogen) atoms. The van der Waals surface area contributed by atoms with Crippen molar-refractivity contribution in [2.75, 3.05) is 77.9 Å². The number of aliphatic hydroxyl groups is 1. The Balaban J connectivity index is 1.19. The molecule has 6 rings (SSSR count). The summed E-state index contributed by atoms with van der Waals surface area (Å²) in [6.07, 6.45) is 11.7. The molecule has 1 heterocycles. The van der Waals surface area contributed by atoms with Crippen molar-refractivity contribution in [3.8, 4) is 0 Å². The van der Waals surface area contributed by atoms with Crippen LogP contribution in [0.25, 0.3) is 0 Å². The fraction of sp³-hybridized carbons (Fsp3) is 0.955. The summed E-state index contributed by atoms with van der Waals surface area (Å²) in [4.78, 5) is 2.38. The number of methoxy groups -OCH3 is 1. The molecular weight excluding hydrogens is 701 g/mol. The molecule has 5 aliphatic carbocycles. The third kappa shape index (κ3) is 7.80. The van der Waals surface area contributed by atoms with Crippen LogP contribution in [-0.2, 0) is 28.8 Å². The summed E-state index contributed by atoms with van der Waals surface area (Å²) in [5.41, 5.74) is 2.16. The fourth-order valence-electron chi connectivity index (χ4n) is 14.3. The van der Waals surface area contributed by atoms with Crippen molar-refractivity contribution in [3.63, 3.8) is 0 Å². The maximum Gasteiger partial charge on any atom is 0.152 e. The van der Waals surface area contributed by atoms with E-state index in [9.17, 15) is 13.5 Å². The summed E-state index contributed by atoms with van der Waals surface area (Å²) < 4.78 is 47.8. The van der Waals surface area contributed by atoms with Gasteiger partial charge in [-0.2, -0.15) is 0 Å². The van der Waals surface area contributed by atoms with Crippen molar-refractivity contribution in [3.05, 3.63) is 12.2 Å².